The van der Waals surface area contributed by atoms with Gasteiger partial charge in [0.05, 0.1) is 0 Å². The second-order valence-corrected chi connectivity index (χ2v) is 7.77. The van der Waals surface area contributed by atoms with Crippen molar-refractivity contribution in [1.29, 1.82) is 0 Å². The molecule has 4 aromatic rings. The molecule has 2 unspecified atom stereocenters. The Balaban J connectivity index is 1.68. The highest BCUT2D eigenvalue weighted by atomic mass is 19.2. The fraction of sp³-hybridized carbons (Fsp3) is 0.185. The molecular formula is C27H22F4. The summed E-state index contributed by atoms with van der Waals surface area (Å²) in [6.07, 6.45) is 0.00136. The first-order valence-electron chi connectivity index (χ1n) is 10.4. The van der Waals surface area contributed by atoms with E-state index in [1.165, 1.54) is 18.2 Å². The molecule has 0 saturated carbocycles. The van der Waals surface area contributed by atoms with Gasteiger partial charge < -0.3 is 0 Å². The van der Waals surface area contributed by atoms with E-state index >= 15 is 4.39 Å². The molecule has 0 nitrogen and oxygen atoms in total. The van der Waals surface area contributed by atoms with E-state index in [2.05, 4.69) is 0 Å². The number of benzene rings is 4. The molecule has 0 heterocycles. The van der Waals surface area contributed by atoms with Gasteiger partial charge in [-0.15, -0.1) is 0 Å². The Morgan fingerprint density at radius 1 is 0.677 bits per heavy atom. The lowest BCUT2D eigenvalue weighted by Crippen LogP contribution is -2.08. The minimum Gasteiger partial charge on any atom is -0.242 e. The zero-order chi connectivity index (χ0) is 22.0. The Kier molecular flexibility index (Phi) is 6.08. The van der Waals surface area contributed by atoms with E-state index in [0.29, 0.717) is 17.5 Å². The van der Waals surface area contributed by atoms with Crippen LogP contribution in [0.4, 0.5) is 17.6 Å². The molecule has 158 valence electrons. The van der Waals surface area contributed by atoms with E-state index in [1.54, 1.807) is 12.1 Å². The van der Waals surface area contributed by atoms with Gasteiger partial charge in [0.25, 0.3) is 0 Å². The third kappa shape index (κ3) is 4.34. The van der Waals surface area contributed by atoms with Crippen molar-refractivity contribution in [3.05, 3.63) is 107 Å². The summed E-state index contributed by atoms with van der Waals surface area (Å²) in [4.78, 5) is 0. The predicted octanol–water partition coefficient (Wildman–Crippen LogP) is 8.52. The second kappa shape index (κ2) is 8.93. The highest BCUT2D eigenvalue weighted by Crippen LogP contribution is 2.40. The fourth-order valence-electron chi connectivity index (χ4n) is 4.06. The summed E-state index contributed by atoms with van der Waals surface area (Å²) in [6, 6.07) is 21.0. The lowest BCUT2D eigenvalue weighted by Gasteiger charge is -2.22. The van der Waals surface area contributed by atoms with E-state index in [0.717, 1.165) is 29.3 Å². The largest absolute Gasteiger partial charge is 0.242 e. The monoisotopic (exact) mass is 422 g/mol. The van der Waals surface area contributed by atoms with Crippen LogP contribution in [-0.4, -0.2) is 0 Å². The van der Waals surface area contributed by atoms with Crippen molar-refractivity contribution >= 4 is 10.8 Å². The molecular weight excluding hydrogens is 400 g/mol. The number of halogens is 4. The van der Waals surface area contributed by atoms with E-state index in [9.17, 15) is 13.2 Å². The van der Waals surface area contributed by atoms with E-state index in [4.69, 9.17) is 0 Å². The quantitative estimate of drug-likeness (QED) is 0.273. The van der Waals surface area contributed by atoms with Crippen molar-refractivity contribution < 1.29 is 17.6 Å². The zero-order valence-electron chi connectivity index (χ0n) is 17.1. The molecule has 2 atom stereocenters. The summed E-state index contributed by atoms with van der Waals surface area (Å²) in [5.41, 5.74) is 1.49. The summed E-state index contributed by atoms with van der Waals surface area (Å²) in [6.45, 7) is 1.96. The predicted molar refractivity (Wildman–Crippen MR) is 117 cm³/mol. The summed E-state index contributed by atoms with van der Waals surface area (Å²) in [5, 5.41) is 1.99. The average molecular weight is 422 g/mol. The fourth-order valence-corrected chi connectivity index (χ4v) is 4.06. The Hall–Kier alpha value is -3.14. The molecule has 0 saturated heterocycles. The third-order valence-corrected chi connectivity index (χ3v) is 5.70. The van der Waals surface area contributed by atoms with Crippen molar-refractivity contribution in [2.75, 3.05) is 0 Å². The average Bonchev–Trinajstić information content (AvgIpc) is 2.78. The van der Waals surface area contributed by atoms with Gasteiger partial charge in [-0.3, -0.25) is 0 Å². The van der Waals surface area contributed by atoms with Crippen molar-refractivity contribution in [3.63, 3.8) is 0 Å². The van der Waals surface area contributed by atoms with Gasteiger partial charge in [0.2, 0.25) is 0 Å². The number of fused-ring (bicyclic) bond motifs is 1. The van der Waals surface area contributed by atoms with Gasteiger partial charge in [-0.2, -0.15) is 0 Å². The zero-order valence-corrected chi connectivity index (χ0v) is 17.1. The molecule has 0 aliphatic heterocycles. The summed E-state index contributed by atoms with van der Waals surface area (Å²) in [5.74, 6) is -3.13. The van der Waals surface area contributed by atoms with E-state index < -0.39 is 29.5 Å². The second-order valence-electron chi connectivity index (χ2n) is 7.77. The SMILES string of the molecule is CCCC(c1ccc(-c2ccc(F)c(F)c2)c(F)c1)C(F)c1ccc2ccccc2c1. The molecule has 0 bridgehead atoms. The molecule has 0 aromatic heterocycles. The van der Waals surface area contributed by atoms with Crippen LogP contribution in [0.1, 0.15) is 43.0 Å². The van der Waals surface area contributed by atoms with Crippen molar-refractivity contribution in [1.82, 2.24) is 0 Å². The standard InChI is InChI=1S/C27H22F4/c1-2-5-23(27(31)21-9-8-17-6-3-4-7-18(17)14-21)20-10-12-22(25(29)15-20)19-11-13-24(28)26(30)16-19/h3-4,6-16,23,27H,2,5H2,1H3. The highest BCUT2D eigenvalue weighted by molar-refractivity contribution is 5.83. The summed E-state index contributed by atoms with van der Waals surface area (Å²) >= 11 is 0. The number of rotatable bonds is 6. The van der Waals surface area contributed by atoms with Gasteiger partial charge in [0.15, 0.2) is 11.6 Å². The topological polar surface area (TPSA) is 0 Å². The molecule has 0 fully saturated rings. The highest BCUT2D eigenvalue weighted by Gasteiger charge is 2.25. The minimum atomic E-state index is -1.29. The minimum absolute atomic E-state index is 0.152. The molecule has 4 heteroatoms. The Labute approximate surface area is 179 Å². The Morgan fingerprint density at radius 3 is 2.13 bits per heavy atom. The molecule has 0 N–H and O–H groups in total. The van der Waals surface area contributed by atoms with Gasteiger partial charge >= 0.3 is 0 Å². The molecule has 0 aliphatic rings. The number of alkyl halides is 1. The Morgan fingerprint density at radius 2 is 1.42 bits per heavy atom. The van der Waals surface area contributed by atoms with Crippen LogP contribution in [0.2, 0.25) is 0 Å². The van der Waals surface area contributed by atoms with Crippen LogP contribution >= 0.6 is 0 Å². The molecule has 0 radical (unpaired) electrons. The van der Waals surface area contributed by atoms with Gasteiger partial charge in [0.1, 0.15) is 12.0 Å². The van der Waals surface area contributed by atoms with Gasteiger partial charge in [-0.1, -0.05) is 67.9 Å². The maximum absolute atomic E-state index is 15.6. The van der Waals surface area contributed by atoms with Crippen LogP contribution < -0.4 is 0 Å². The first-order valence-corrected chi connectivity index (χ1v) is 10.4. The summed E-state index contributed by atoms with van der Waals surface area (Å²) in [7, 11) is 0. The van der Waals surface area contributed by atoms with Crippen LogP contribution in [0, 0.1) is 17.5 Å². The molecule has 0 spiro atoms. The van der Waals surface area contributed by atoms with Crippen LogP contribution in [0.25, 0.3) is 21.9 Å². The number of hydrogen-bond donors (Lipinski definition) is 0. The molecule has 0 aliphatic carbocycles. The summed E-state index contributed by atoms with van der Waals surface area (Å²) < 4.78 is 57.3. The van der Waals surface area contributed by atoms with E-state index in [-0.39, 0.29) is 11.1 Å². The Bertz CT molecular complexity index is 1210. The van der Waals surface area contributed by atoms with Crippen molar-refractivity contribution in [2.45, 2.75) is 31.9 Å². The van der Waals surface area contributed by atoms with E-state index in [1.807, 2.05) is 43.3 Å². The third-order valence-electron chi connectivity index (χ3n) is 5.70. The lowest BCUT2D eigenvalue weighted by atomic mass is 9.85. The molecule has 4 aromatic carbocycles. The van der Waals surface area contributed by atoms with Crippen LogP contribution in [0.15, 0.2) is 78.9 Å². The number of hydrogen-bond acceptors (Lipinski definition) is 0. The lowest BCUT2D eigenvalue weighted by molar-refractivity contribution is 0.276. The molecule has 31 heavy (non-hydrogen) atoms. The van der Waals surface area contributed by atoms with Crippen molar-refractivity contribution in [3.8, 4) is 11.1 Å². The molecule has 4 rings (SSSR count). The van der Waals surface area contributed by atoms with Gasteiger partial charge in [-0.05, 0) is 58.1 Å². The van der Waals surface area contributed by atoms with Crippen LogP contribution in [0.3, 0.4) is 0 Å². The van der Waals surface area contributed by atoms with Gasteiger partial charge in [0, 0.05) is 11.5 Å². The first-order chi connectivity index (χ1) is 15.0. The van der Waals surface area contributed by atoms with Gasteiger partial charge in [-0.25, -0.2) is 17.6 Å². The van der Waals surface area contributed by atoms with Crippen LogP contribution in [0.5, 0.6) is 0 Å². The van der Waals surface area contributed by atoms with Crippen LogP contribution in [-0.2, 0) is 0 Å². The first kappa shape index (κ1) is 21.1. The van der Waals surface area contributed by atoms with Crippen molar-refractivity contribution in [2.24, 2.45) is 0 Å². The maximum Gasteiger partial charge on any atom is 0.159 e. The molecule has 0 amide bonds. The smallest absolute Gasteiger partial charge is 0.159 e. The normalized spacial score (nSPS) is 13.3. The maximum atomic E-state index is 15.6.